The molecule has 4 nitrogen and oxygen atoms in total. The van der Waals surface area contributed by atoms with Gasteiger partial charge >= 0.3 is 0 Å². The molecule has 0 saturated heterocycles. The zero-order valence-corrected chi connectivity index (χ0v) is 6.27. The standard InChI is InChI=1S/C4H12NO3P/c1-2-5-3-9(7,8)4-6/h5-6H,2-4H2,1H3,(H,7,8). The maximum atomic E-state index is 10.6. The van der Waals surface area contributed by atoms with Gasteiger partial charge in [-0.2, -0.15) is 0 Å². The van der Waals surface area contributed by atoms with Crippen molar-refractivity contribution in [2.75, 3.05) is 19.2 Å². The van der Waals surface area contributed by atoms with Gasteiger partial charge in [-0.3, -0.25) is 4.57 Å². The second kappa shape index (κ2) is 4.01. The number of rotatable bonds is 4. The van der Waals surface area contributed by atoms with Crippen LogP contribution >= 0.6 is 7.37 Å². The first-order chi connectivity index (χ1) is 4.12. The summed E-state index contributed by atoms with van der Waals surface area (Å²) in [5, 5.41) is 10.9. The monoisotopic (exact) mass is 153 g/mol. The van der Waals surface area contributed by atoms with Crippen LogP contribution in [0, 0.1) is 0 Å². The minimum absolute atomic E-state index is 0. The molecule has 0 aliphatic heterocycles. The summed E-state index contributed by atoms with van der Waals surface area (Å²) in [6, 6.07) is 0. The summed E-state index contributed by atoms with van der Waals surface area (Å²) < 4.78 is 10.6. The van der Waals surface area contributed by atoms with Crippen LogP contribution < -0.4 is 5.32 Å². The minimum Gasteiger partial charge on any atom is -0.386 e. The van der Waals surface area contributed by atoms with Crippen molar-refractivity contribution in [3.63, 3.8) is 0 Å². The highest BCUT2D eigenvalue weighted by Gasteiger charge is 2.13. The summed E-state index contributed by atoms with van der Waals surface area (Å²) in [4.78, 5) is 8.70. The van der Waals surface area contributed by atoms with Gasteiger partial charge in [-0.05, 0) is 6.54 Å². The lowest BCUT2D eigenvalue weighted by Crippen LogP contribution is -2.15. The normalized spacial score (nSPS) is 17.2. The van der Waals surface area contributed by atoms with Gasteiger partial charge in [0.15, 0.2) is 0 Å². The molecule has 1 unspecified atom stereocenters. The van der Waals surface area contributed by atoms with Crippen molar-refractivity contribution in [1.29, 1.82) is 0 Å². The molecule has 0 saturated carbocycles. The first-order valence-electron chi connectivity index (χ1n) is 2.75. The molecule has 0 aliphatic rings. The Hall–Kier alpha value is 0.110. The van der Waals surface area contributed by atoms with Crippen LogP contribution in [0.15, 0.2) is 0 Å². The molecule has 1 atom stereocenters. The second-order valence-corrected chi connectivity index (χ2v) is 4.04. The topological polar surface area (TPSA) is 69.6 Å². The molecule has 9 heavy (non-hydrogen) atoms. The Kier molecular flexibility index (Phi) is 4.06. The molecule has 0 fully saturated rings. The zero-order valence-electron chi connectivity index (χ0n) is 5.37. The Bertz CT molecular complexity index is 116. The van der Waals surface area contributed by atoms with Gasteiger partial charge in [0, 0.05) is 0 Å². The Labute approximate surface area is 54.3 Å². The maximum Gasteiger partial charge on any atom is 0.238 e. The first-order valence-corrected chi connectivity index (χ1v) is 4.78. The lowest BCUT2D eigenvalue weighted by molar-refractivity contribution is 0.331. The molecule has 0 aromatic rings. The van der Waals surface area contributed by atoms with Gasteiger partial charge in [-0.1, -0.05) is 6.92 Å². The number of nitrogens with one attached hydrogen (secondary N) is 1. The summed E-state index contributed by atoms with van der Waals surface area (Å²) in [5.41, 5.74) is 0. The summed E-state index contributed by atoms with van der Waals surface area (Å²) >= 11 is 0. The van der Waals surface area contributed by atoms with Gasteiger partial charge in [0.1, 0.15) is 6.35 Å². The van der Waals surface area contributed by atoms with Gasteiger partial charge in [-0.25, -0.2) is 0 Å². The fourth-order valence-corrected chi connectivity index (χ4v) is 1.01. The quantitative estimate of drug-likeness (QED) is 0.488. The Morgan fingerprint density at radius 2 is 2.22 bits per heavy atom. The fourth-order valence-electron chi connectivity index (χ4n) is 0.337. The van der Waals surface area contributed by atoms with Crippen LogP contribution in [0.1, 0.15) is 6.92 Å². The van der Waals surface area contributed by atoms with Crippen molar-refractivity contribution in [1.82, 2.24) is 5.32 Å². The molecule has 0 rings (SSSR count). The van der Waals surface area contributed by atoms with Gasteiger partial charge in [-0.15, -0.1) is 0 Å². The van der Waals surface area contributed by atoms with E-state index in [1.54, 1.807) is 0 Å². The van der Waals surface area contributed by atoms with Crippen LogP contribution in [0.3, 0.4) is 0 Å². The molecule has 0 aliphatic carbocycles. The molecular formula is C4H12NO3P. The van der Waals surface area contributed by atoms with E-state index < -0.39 is 13.7 Å². The predicted molar refractivity (Wildman–Crippen MR) is 35.5 cm³/mol. The van der Waals surface area contributed by atoms with E-state index in [1.807, 2.05) is 6.92 Å². The third-order valence-electron chi connectivity index (χ3n) is 0.830. The highest BCUT2D eigenvalue weighted by atomic mass is 31.2. The van der Waals surface area contributed by atoms with Gasteiger partial charge in [0.2, 0.25) is 7.37 Å². The summed E-state index contributed by atoms with van der Waals surface area (Å²) in [6.45, 7) is 2.47. The van der Waals surface area contributed by atoms with Crippen molar-refractivity contribution < 1.29 is 14.6 Å². The van der Waals surface area contributed by atoms with Crippen LogP contribution in [0.5, 0.6) is 0 Å². The molecule has 3 N–H and O–H groups in total. The minimum atomic E-state index is -3.25. The highest BCUT2D eigenvalue weighted by molar-refractivity contribution is 7.57. The smallest absolute Gasteiger partial charge is 0.238 e. The van der Waals surface area contributed by atoms with Crippen LogP contribution in [-0.2, 0) is 4.57 Å². The van der Waals surface area contributed by atoms with Crippen LogP contribution in [0.4, 0.5) is 0 Å². The number of hydrogen-bond acceptors (Lipinski definition) is 3. The molecule has 56 valence electrons. The van der Waals surface area contributed by atoms with E-state index in [0.29, 0.717) is 6.54 Å². The SMILES string of the molecule is CCNCP(=O)(O)CO. The lowest BCUT2D eigenvalue weighted by atomic mass is 10.8. The van der Waals surface area contributed by atoms with E-state index in [9.17, 15) is 4.57 Å². The largest absolute Gasteiger partial charge is 0.386 e. The van der Waals surface area contributed by atoms with Crippen molar-refractivity contribution in [2.24, 2.45) is 0 Å². The van der Waals surface area contributed by atoms with Gasteiger partial charge in [0.25, 0.3) is 0 Å². The average Bonchev–Trinajstić information content (AvgIpc) is 1.84. The second-order valence-electron chi connectivity index (χ2n) is 1.75. The van der Waals surface area contributed by atoms with Crippen LogP contribution in [0.25, 0.3) is 0 Å². The number of aliphatic hydroxyl groups is 1. The van der Waals surface area contributed by atoms with Gasteiger partial charge in [0.05, 0.1) is 6.29 Å². The molecule has 0 radical (unpaired) electrons. The molecule has 0 aromatic carbocycles. The van der Waals surface area contributed by atoms with E-state index in [1.165, 1.54) is 0 Å². The molecular weight excluding hydrogens is 141 g/mol. The van der Waals surface area contributed by atoms with Crippen molar-refractivity contribution in [3.8, 4) is 0 Å². The van der Waals surface area contributed by atoms with Crippen molar-refractivity contribution in [2.45, 2.75) is 6.92 Å². The number of aliphatic hydroxyl groups excluding tert-OH is 1. The fraction of sp³-hybridized carbons (Fsp3) is 1.00. The Morgan fingerprint density at radius 3 is 2.56 bits per heavy atom. The Morgan fingerprint density at radius 1 is 1.67 bits per heavy atom. The molecule has 0 amide bonds. The lowest BCUT2D eigenvalue weighted by Gasteiger charge is -2.06. The molecule has 0 aromatic heterocycles. The van der Waals surface area contributed by atoms with E-state index in [0.717, 1.165) is 0 Å². The van der Waals surface area contributed by atoms with Gasteiger partial charge < -0.3 is 15.3 Å². The van der Waals surface area contributed by atoms with E-state index >= 15 is 0 Å². The average molecular weight is 153 g/mol. The molecule has 0 spiro atoms. The van der Waals surface area contributed by atoms with Crippen LogP contribution in [0.2, 0.25) is 0 Å². The third-order valence-corrected chi connectivity index (χ3v) is 1.99. The van der Waals surface area contributed by atoms with Crippen molar-refractivity contribution in [3.05, 3.63) is 0 Å². The van der Waals surface area contributed by atoms with Crippen LogP contribution in [-0.4, -0.2) is 29.2 Å². The first kappa shape index (κ1) is 9.11. The molecule has 5 heteroatoms. The molecule has 0 bridgehead atoms. The molecule has 0 heterocycles. The Balaban J connectivity index is 3.46. The maximum absolute atomic E-state index is 10.6. The van der Waals surface area contributed by atoms with Crippen molar-refractivity contribution >= 4 is 7.37 Å². The number of hydrogen-bond donors (Lipinski definition) is 3. The summed E-state index contributed by atoms with van der Waals surface area (Å²) in [7, 11) is -3.25. The van der Waals surface area contributed by atoms with E-state index in [-0.39, 0.29) is 6.29 Å². The van der Waals surface area contributed by atoms with E-state index in [4.69, 9.17) is 10.00 Å². The zero-order chi connectivity index (χ0) is 7.33. The highest BCUT2D eigenvalue weighted by Crippen LogP contribution is 2.36. The third kappa shape index (κ3) is 4.60. The van der Waals surface area contributed by atoms with E-state index in [2.05, 4.69) is 5.32 Å². The summed E-state index contributed by atoms with van der Waals surface area (Å²) in [6.07, 6.45) is -0.639. The summed E-state index contributed by atoms with van der Waals surface area (Å²) in [5.74, 6) is 0. The predicted octanol–water partition coefficient (Wildman–Crippen LogP) is -0.226.